The maximum absolute atomic E-state index is 12.0. The molecule has 0 saturated heterocycles. The van der Waals surface area contributed by atoms with Crippen molar-refractivity contribution in [2.45, 2.75) is 19.3 Å². The van der Waals surface area contributed by atoms with E-state index in [2.05, 4.69) is 15.0 Å². The number of methoxy groups -OCH3 is 1. The van der Waals surface area contributed by atoms with Gasteiger partial charge in [-0.1, -0.05) is 6.07 Å². The lowest BCUT2D eigenvalue weighted by Gasteiger charge is -2.10. The molecular formula is C19H17N3O2. The molecule has 0 aliphatic heterocycles. The van der Waals surface area contributed by atoms with Crippen LogP contribution in [0.3, 0.4) is 0 Å². The van der Waals surface area contributed by atoms with E-state index in [0.717, 1.165) is 29.5 Å². The lowest BCUT2D eigenvalue weighted by Crippen LogP contribution is -2.07. The summed E-state index contributed by atoms with van der Waals surface area (Å²) < 4.78 is 5.44. The molecule has 1 saturated carbocycles. The second-order valence-electron chi connectivity index (χ2n) is 6.03. The minimum Gasteiger partial charge on any atom is -0.494 e. The van der Waals surface area contributed by atoms with Crippen LogP contribution in [0.1, 0.15) is 18.5 Å². The van der Waals surface area contributed by atoms with E-state index in [-0.39, 0.29) is 11.7 Å². The van der Waals surface area contributed by atoms with Gasteiger partial charge in [0.2, 0.25) is 0 Å². The molecule has 0 bridgehead atoms. The Kier molecular flexibility index (Phi) is 3.69. The third kappa shape index (κ3) is 2.73. The normalized spacial score (nSPS) is 13.9. The van der Waals surface area contributed by atoms with Crippen LogP contribution in [0.15, 0.2) is 42.9 Å². The zero-order valence-corrected chi connectivity index (χ0v) is 13.4. The molecule has 2 heterocycles. The first-order chi connectivity index (χ1) is 11.8. The highest BCUT2D eigenvalue weighted by atomic mass is 16.5. The minimum atomic E-state index is 0.228. The first-order valence-corrected chi connectivity index (χ1v) is 8.02. The van der Waals surface area contributed by atoms with Crippen LogP contribution >= 0.6 is 0 Å². The van der Waals surface area contributed by atoms with Crippen molar-refractivity contribution in [3.8, 4) is 16.9 Å². The number of nitrogens with zero attached hydrogens (tertiary/aromatic N) is 3. The van der Waals surface area contributed by atoms with Crippen molar-refractivity contribution in [3.63, 3.8) is 0 Å². The van der Waals surface area contributed by atoms with Crippen LogP contribution in [-0.2, 0) is 11.2 Å². The molecule has 2 aromatic heterocycles. The van der Waals surface area contributed by atoms with Gasteiger partial charge in [0.15, 0.2) is 0 Å². The molecule has 5 nitrogen and oxygen atoms in total. The number of benzene rings is 1. The highest BCUT2D eigenvalue weighted by Crippen LogP contribution is 2.33. The van der Waals surface area contributed by atoms with Gasteiger partial charge in [-0.3, -0.25) is 14.8 Å². The van der Waals surface area contributed by atoms with E-state index in [0.29, 0.717) is 23.4 Å². The molecule has 4 rings (SSSR count). The third-order valence-electron chi connectivity index (χ3n) is 4.29. The number of Topliss-reactive ketones (excluding diaryl/α,β-unsaturated/α-hetero) is 1. The van der Waals surface area contributed by atoms with Gasteiger partial charge in [-0.25, -0.2) is 4.98 Å². The van der Waals surface area contributed by atoms with Crippen molar-refractivity contribution in [1.82, 2.24) is 15.0 Å². The van der Waals surface area contributed by atoms with Gasteiger partial charge in [-0.2, -0.15) is 0 Å². The Morgan fingerprint density at radius 1 is 1.21 bits per heavy atom. The summed E-state index contributed by atoms with van der Waals surface area (Å²) in [4.78, 5) is 25.4. The molecule has 120 valence electrons. The van der Waals surface area contributed by atoms with Crippen LogP contribution in [0.25, 0.3) is 22.2 Å². The van der Waals surface area contributed by atoms with Gasteiger partial charge < -0.3 is 4.74 Å². The van der Waals surface area contributed by atoms with Crippen LogP contribution in [0.4, 0.5) is 0 Å². The minimum absolute atomic E-state index is 0.228. The lowest BCUT2D eigenvalue weighted by molar-refractivity contribution is -0.119. The molecule has 3 aromatic rings. The Hall–Kier alpha value is -2.82. The number of hydrogen-bond donors (Lipinski definition) is 0. The molecule has 0 radical (unpaired) electrons. The number of ether oxygens (including phenoxy) is 1. The quantitative estimate of drug-likeness (QED) is 0.722. The summed E-state index contributed by atoms with van der Waals surface area (Å²) in [6.45, 7) is 0. The Labute approximate surface area is 139 Å². The molecule has 1 fully saturated rings. The molecule has 24 heavy (non-hydrogen) atoms. The second-order valence-corrected chi connectivity index (χ2v) is 6.03. The topological polar surface area (TPSA) is 65.0 Å². The fourth-order valence-corrected chi connectivity index (χ4v) is 2.84. The Bertz CT molecular complexity index is 905. The fraction of sp³-hybridized carbons (Fsp3) is 0.263. The SMILES string of the molecule is COc1ccc(-c2cccnc2)c2ncc(CC(=O)C3CC3)nc12. The number of ketones is 1. The molecule has 0 amide bonds. The third-order valence-corrected chi connectivity index (χ3v) is 4.29. The van der Waals surface area contributed by atoms with E-state index in [1.54, 1.807) is 25.7 Å². The molecule has 1 aliphatic rings. The predicted octanol–water partition coefficient (Wildman–Crippen LogP) is 3.22. The number of carbonyl (C=O) groups excluding carboxylic acids is 1. The van der Waals surface area contributed by atoms with Crippen molar-refractivity contribution in [1.29, 1.82) is 0 Å². The molecule has 0 spiro atoms. The fourth-order valence-electron chi connectivity index (χ4n) is 2.84. The van der Waals surface area contributed by atoms with Crippen molar-refractivity contribution < 1.29 is 9.53 Å². The number of hydrogen-bond acceptors (Lipinski definition) is 5. The van der Waals surface area contributed by atoms with Crippen molar-refractivity contribution in [2.24, 2.45) is 5.92 Å². The van der Waals surface area contributed by atoms with E-state index < -0.39 is 0 Å². The number of carbonyl (C=O) groups is 1. The Balaban J connectivity index is 1.81. The molecule has 1 aliphatic carbocycles. The maximum atomic E-state index is 12.0. The highest BCUT2D eigenvalue weighted by molar-refractivity contribution is 5.95. The number of fused-ring (bicyclic) bond motifs is 1. The van der Waals surface area contributed by atoms with Crippen molar-refractivity contribution >= 4 is 16.8 Å². The van der Waals surface area contributed by atoms with E-state index in [1.807, 2.05) is 24.3 Å². The van der Waals surface area contributed by atoms with Crippen LogP contribution in [0, 0.1) is 5.92 Å². The first kappa shape index (κ1) is 14.8. The molecule has 0 atom stereocenters. The Morgan fingerprint density at radius 2 is 2.08 bits per heavy atom. The summed E-state index contributed by atoms with van der Waals surface area (Å²) >= 11 is 0. The monoisotopic (exact) mass is 319 g/mol. The number of aromatic nitrogens is 3. The highest BCUT2D eigenvalue weighted by Gasteiger charge is 2.29. The van der Waals surface area contributed by atoms with E-state index >= 15 is 0 Å². The molecule has 0 N–H and O–H groups in total. The number of pyridine rings is 1. The summed E-state index contributed by atoms with van der Waals surface area (Å²) in [5, 5.41) is 0. The van der Waals surface area contributed by atoms with Gasteiger partial charge in [0.25, 0.3) is 0 Å². The Morgan fingerprint density at radius 3 is 2.79 bits per heavy atom. The average Bonchev–Trinajstić information content (AvgIpc) is 3.46. The molecule has 1 aromatic carbocycles. The van der Waals surface area contributed by atoms with Crippen LogP contribution in [0.2, 0.25) is 0 Å². The zero-order chi connectivity index (χ0) is 16.5. The second kappa shape index (κ2) is 6.00. The largest absolute Gasteiger partial charge is 0.494 e. The molecule has 0 unspecified atom stereocenters. The zero-order valence-electron chi connectivity index (χ0n) is 13.4. The van der Waals surface area contributed by atoms with Crippen LogP contribution in [0.5, 0.6) is 5.75 Å². The van der Waals surface area contributed by atoms with Gasteiger partial charge in [0.05, 0.1) is 19.2 Å². The van der Waals surface area contributed by atoms with Gasteiger partial charge in [0.1, 0.15) is 22.6 Å². The first-order valence-electron chi connectivity index (χ1n) is 8.02. The maximum Gasteiger partial charge on any atom is 0.146 e. The van der Waals surface area contributed by atoms with Gasteiger partial charge in [0, 0.05) is 35.6 Å². The van der Waals surface area contributed by atoms with Gasteiger partial charge in [-0.05, 0) is 31.0 Å². The predicted molar refractivity (Wildman–Crippen MR) is 90.8 cm³/mol. The van der Waals surface area contributed by atoms with Crippen LogP contribution in [-0.4, -0.2) is 27.8 Å². The summed E-state index contributed by atoms with van der Waals surface area (Å²) in [5.74, 6) is 1.14. The van der Waals surface area contributed by atoms with E-state index in [9.17, 15) is 4.79 Å². The van der Waals surface area contributed by atoms with Crippen LogP contribution < -0.4 is 4.74 Å². The summed E-state index contributed by atoms with van der Waals surface area (Å²) in [7, 11) is 1.61. The van der Waals surface area contributed by atoms with Crippen molar-refractivity contribution in [3.05, 3.63) is 48.5 Å². The van der Waals surface area contributed by atoms with Gasteiger partial charge in [-0.15, -0.1) is 0 Å². The number of rotatable bonds is 5. The smallest absolute Gasteiger partial charge is 0.146 e. The van der Waals surface area contributed by atoms with Gasteiger partial charge >= 0.3 is 0 Å². The van der Waals surface area contributed by atoms with Crippen molar-refractivity contribution in [2.75, 3.05) is 7.11 Å². The standard InChI is InChI=1S/C19H17N3O2/c1-24-17-7-6-15(13-3-2-8-20-10-13)18-19(17)22-14(11-21-18)9-16(23)12-4-5-12/h2-3,6-8,10-12H,4-5,9H2,1H3. The summed E-state index contributed by atoms with van der Waals surface area (Å²) in [6.07, 6.45) is 7.59. The average molecular weight is 319 g/mol. The summed E-state index contributed by atoms with van der Waals surface area (Å²) in [6, 6.07) is 7.72. The molecule has 5 heteroatoms. The van der Waals surface area contributed by atoms with E-state index in [4.69, 9.17) is 4.74 Å². The lowest BCUT2D eigenvalue weighted by atomic mass is 10.0. The van der Waals surface area contributed by atoms with E-state index in [1.165, 1.54) is 0 Å². The molecular weight excluding hydrogens is 302 g/mol. The summed E-state index contributed by atoms with van der Waals surface area (Å²) in [5.41, 5.74) is 4.05.